The van der Waals surface area contributed by atoms with Crippen LogP contribution in [0.25, 0.3) is 10.9 Å². The van der Waals surface area contributed by atoms with Crippen molar-refractivity contribution in [3.63, 3.8) is 0 Å². The average molecular weight is 415 g/mol. The Morgan fingerprint density at radius 2 is 1.90 bits per heavy atom. The molecule has 2 heterocycles. The topological polar surface area (TPSA) is 45.5 Å². The second-order valence-electron chi connectivity index (χ2n) is 7.75. The zero-order valence-corrected chi connectivity index (χ0v) is 17.1. The molecule has 0 saturated carbocycles. The van der Waals surface area contributed by atoms with Gasteiger partial charge in [0, 0.05) is 33.7 Å². The predicted molar refractivity (Wildman–Crippen MR) is 113 cm³/mol. The molecule has 0 aliphatic carbocycles. The van der Waals surface area contributed by atoms with E-state index in [0.29, 0.717) is 10.6 Å². The molecule has 4 rings (SSSR count). The van der Waals surface area contributed by atoms with Crippen molar-refractivity contribution in [2.75, 3.05) is 13.1 Å². The van der Waals surface area contributed by atoms with Gasteiger partial charge in [-0.2, -0.15) is 0 Å². The summed E-state index contributed by atoms with van der Waals surface area (Å²) >= 11 is 6.26. The number of likely N-dealkylation sites (tertiary alicyclic amines) is 1. The van der Waals surface area contributed by atoms with E-state index < -0.39 is 5.97 Å². The number of nitrogens with zero attached hydrogens (tertiary/aromatic N) is 2. The highest BCUT2D eigenvalue weighted by Crippen LogP contribution is 2.36. The standard InChI is InChI=1S/C23H24ClFN2O2/c1-15-18(17-5-2-3-8-21(17)27(15)14-22(28)29)13-26-11-9-16(10-12-26)23-19(24)6-4-7-20(23)25/h2-8,16H,9-14H2,1H3,(H,28,29). The number of hydrogen-bond acceptors (Lipinski definition) is 2. The third kappa shape index (κ3) is 3.89. The van der Waals surface area contributed by atoms with Crippen molar-refractivity contribution >= 4 is 28.5 Å². The van der Waals surface area contributed by atoms with Crippen molar-refractivity contribution in [3.8, 4) is 0 Å². The maximum absolute atomic E-state index is 14.3. The molecule has 1 N–H and O–H groups in total. The zero-order valence-electron chi connectivity index (χ0n) is 16.4. The van der Waals surface area contributed by atoms with Crippen LogP contribution in [0.15, 0.2) is 42.5 Å². The van der Waals surface area contributed by atoms with Crippen LogP contribution in [-0.4, -0.2) is 33.6 Å². The first-order valence-corrected chi connectivity index (χ1v) is 10.3. The Labute approximate surface area is 174 Å². The van der Waals surface area contributed by atoms with Crippen LogP contribution in [-0.2, 0) is 17.9 Å². The number of fused-ring (bicyclic) bond motifs is 1. The number of benzene rings is 2. The zero-order chi connectivity index (χ0) is 20.5. The monoisotopic (exact) mass is 414 g/mol. The van der Waals surface area contributed by atoms with Gasteiger partial charge in [-0.05, 0) is 62.5 Å². The van der Waals surface area contributed by atoms with Gasteiger partial charge >= 0.3 is 5.97 Å². The van der Waals surface area contributed by atoms with E-state index in [1.54, 1.807) is 12.1 Å². The molecule has 0 bridgehead atoms. The number of rotatable bonds is 5. The van der Waals surface area contributed by atoms with Gasteiger partial charge in [-0.25, -0.2) is 4.39 Å². The summed E-state index contributed by atoms with van der Waals surface area (Å²) in [5, 5.41) is 10.9. The van der Waals surface area contributed by atoms with Gasteiger partial charge in [-0.1, -0.05) is 35.9 Å². The Morgan fingerprint density at radius 3 is 2.59 bits per heavy atom. The number of carboxylic acid groups (broad SMARTS) is 1. The summed E-state index contributed by atoms with van der Waals surface area (Å²) in [5.41, 5.74) is 3.76. The fraction of sp³-hybridized carbons (Fsp3) is 0.348. The second-order valence-corrected chi connectivity index (χ2v) is 8.15. The summed E-state index contributed by atoms with van der Waals surface area (Å²) in [6.45, 7) is 4.42. The van der Waals surface area contributed by atoms with Gasteiger partial charge < -0.3 is 9.67 Å². The molecular formula is C23H24ClFN2O2. The molecule has 6 heteroatoms. The van der Waals surface area contributed by atoms with Crippen LogP contribution in [0.5, 0.6) is 0 Å². The normalized spacial score (nSPS) is 15.8. The minimum atomic E-state index is -0.844. The van der Waals surface area contributed by atoms with Crippen LogP contribution in [0.2, 0.25) is 5.02 Å². The maximum Gasteiger partial charge on any atom is 0.323 e. The summed E-state index contributed by atoms with van der Waals surface area (Å²) in [6.07, 6.45) is 1.71. The summed E-state index contributed by atoms with van der Waals surface area (Å²) < 4.78 is 16.1. The molecule has 3 aromatic rings. The third-order valence-corrected chi connectivity index (χ3v) is 6.36. The number of aliphatic carboxylic acids is 1. The summed E-state index contributed by atoms with van der Waals surface area (Å²) in [7, 11) is 0. The lowest BCUT2D eigenvalue weighted by atomic mass is 9.89. The highest BCUT2D eigenvalue weighted by Gasteiger charge is 2.26. The molecule has 0 unspecified atom stereocenters. The molecule has 0 spiro atoms. The van der Waals surface area contributed by atoms with Gasteiger partial charge in [0.05, 0.1) is 0 Å². The lowest BCUT2D eigenvalue weighted by Gasteiger charge is -2.32. The van der Waals surface area contributed by atoms with Gasteiger partial charge in [-0.15, -0.1) is 0 Å². The smallest absolute Gasteiger partial charge is 0.323 e. The molecule has 0 atom stereocenters. The number of halogens is 2. The highest BCUT2D eigenvalue weighted by molar-refractivity contribution is 6.31. The minimum absolute atomic E-state index is 0.0415. The van der Waals surface area contributed by atoms with Crippen LogP contribution in [0.4, 0.5) is 4.39 Å². The molecule has 4 nitrogen and oxygen atoms in total. The first-order chi connectivity index (χ1) is 14.0. The fourth-order valence-electron chi connectivity index (χ4n) is 4.55. The van der Waals surface area contributed by atoms with Crippen molar-refractivity contribution in [3.05, 3.63) is 70.1 Å². The van der Waals surface area contributed by atoms with Crippen LogP contribution in [0.1, 0.15) is 35.6 Å². The van der Waals surface area contributed by atoms with Gasteiger partial charge in [-0.3, -0.25) is 9.69 Å². The number of para-hydroxylation sites is 1. The van der Waals surface area contributed by atoms with E-state index in [4.69, 9.17) is 11.6 Å². The van der Waals surface area contributed by atoms with Crippen molar-refractivity contribution in [1.82, 2.24) is 9.47 Å². The van der Waals surface area contributed by atoms with Crippen molar-refractivity contribution in [1.29, 1.82) is 0 Å². The molecule has 2 aromatic carbocycles. The molecule has 1 saturated heterocycles. The molecule has 1 aliphatic rings. The largest absolute Gasteiger partial charge is 0.480 e. The number of hydrogen-bond donors (Lipinski definition) is 1. The fourth-order valence-corrected chi connectivity index (χ4v) is 4.86. The molecule has 1 aliphatic heterocycles. The summed E-state index contributed by atoms with van der Waals surface area (Å²) in [5.74, 6) is -0.930. The molecule has 1 aromatic heterocycles. The van der Waals surface area contributed by atoms with E-state index in [1.165, 1.54) is 11.6 Å². The SMILES string of the molecule is Cc1c(CN2CCC(c3c(F)cccc3Cl)CC2)c2ccccc2n1CC(=O)O. The number of carboxylic acids is 1. The van der Waals surface area contributed by atoms with Crippen molar-refractivity contribution < 1.29 is 14.3 Å². The highest BCUT2D eigenvalue weighted by atomic mass is 35.5. The lowest BCUT2D eigenvalue weighted by molar-refractivity contribution is -0.137. The van der Waals surface area contributed by atoms with E-state index in [2.05, 4.69) is 11.0 Å². The van der Waals surface area contributed by atoms with Gasteiger partial charge in [0.25, 0.3) is 0 Å². The first-order valence-electron chi connectivity index (χ1n) is 9.90. The number of aromatic nitrogens is 1. The minimum Gasteiger partial charge on any atom is -0.480 e. The van der Waals surface area contributed by atoms with Crippen LogP contribution in [0, 0.1) is 12.7 Å². The van der Waals surface area contributed by atoms with Crippen LogP contribution < -0.4 is 0 Å². The Kier molecular flexibility index (Phi) is 5.61. The Bertz CT molecular complexity index is 1030. The van der Waals surface area contributed by atoms with Crippen LogP contribution in [0.3, 0.4) is 0 Å². The van der Waals surface area contributed by atoms with Gasteiger partial charge in [0.15, 0.2) is 0 Å². The van der Waals surface area contributed by atoms with E-state index in [1.807, 2.05) is 29.7 Å². The van der Waals surface area contributed by atoms with Crippen molar-refractivity contribution in [2.45, 2.75) is 38.8 Å². The number of piperidine rings is 1. The van der Waals surface area contributed by atoms with Gasteiger partial charge in [0.2, 0.25) is 0 Å². The molecule has 29 heavy (non-hydrogen) atoms. The first kappa shape index (κ1) is 19.9. The van der Waals surface area contributed by atoms with E-state index in [-0.39, 0.29) is 18.3 Å². The molecule has 0 amide bonds. The molecule has 152 valence electrons. The third-order valence-electron chi connectivity index (χ3n) is 6.03. The molecule has 1 fully saturated rings. The quantitative estimate of drug-likeness (QED) is 0.623. The Balaban J connectivity index is 1.54. The molecular weight excluding hydrogens is 391 g/mol. The predicted octanol–water partition coefficient (Wildman–Crippen LogP) is 5.21. The maximum atomic E-state index is 14.3. The molecule has 0 radical (unpaired) electrons. The van der Waals surface area contributed by atoms with E-state index >= 15 is 0 Å². The Morgan fingerprint density at radius 1 is 1.17 bits per heavy atom. The second kappa shape index (κ2) is 8.17. The van der Waals surface area contributed by atoms with Crippen LogP contribution >= 0.6 is 11.6 Å². The summed E-state index contributed by atoms with van der Waals surface area (Å²) in [6, 6.07) is 12.8. The number of carbonyl (C=O) groups is 1. The van der Waals surface area contributed by atoms with Gasteiger partial charge in [0.1, 0.15) is 12.4 Å². The van der Waals surface area contributed by atoms with E-state index in [0.717, 1.165) is 49.1 Å². The van der Waals surface area contributed by atoms with E-state index in [9.17, 15) is 14.3 Å². The lowest BCUT2D eigenvalue weighted by Crippen LogP contribution is -2.33. The average Bonchev–Trinajstić information content (AvgIpc) is 2.95. The van der Waals surface area contributed by atoms with Crippen molar-refractivity contribution in [2.24, 2.45) is 0 Å². The summed E-state index contributed by atoms with van der Waals surface area (Å²) in [4.78, 5) is 13.7. The Hall–Kier alpha value is -2.37.